The molecule has 2 nitrogen and oxygen atoms in total. The number of hydrogen-bond acceptors (Lipinski definition) is 2. The maximum atomic E-state index is 14.2. The summed E-state index contributed by atoms with van der Waals surface area (Å²) in [7, 11) is 0. The molecule has 0 atom stereocenters. The zero-order valence-electron chi connectivity index (χ0n) is 23.2. The number of aryl methyl sites for hydroxylation is 3. The topological polar surface area (TPSA) is 30.2 Å². The molecule has 0 aliphatic heterocycles. The fourth-order valence-corrected chi connectivity index (χ4v) is 5.54. The van der Waals surface area contributed by atoms with Crippen molar-refractivity contribution in [2.24, 2.45) is 0 Å². The predicted octanol–water partition coefficient (Wildman–Crippen LogP) is 9.66. The monoisotopic (exact) mass is 476 g/mol. The van der Waals surface area contributed by atoms with Crippen molar-refractivity contribution in [3.05, 3.63) is 56.2 Å². The molecule has 35 heavy (non-hydrogen) atoms. The Labute approximate surface area is 213 Å². The summed E-state index contributed by atoms with van der Waals surface area (Å²) in [5.74, 6) is 0. The molecule has 0 unspecified atom stereocenters. The van der Waals surface area contributed by atoms with Gasteiger partial charge < -0.3 is 4.42 Å². The van der Waals surface area contributed by atoms with Gasteiger partial charge in [0, 0.05) is 0 Å². The molecule has 0 fully saturated rings. The molecule has 2 heteroatoms. The third kappa shape index (κ3) is 6.19. The molecule has 0 N–H and O–H groups in total. The van der Waals surface area contributed by atoms with Crippen LogP contribution in [0.3, 0.4) is 0 Å². The van der Waals surface area contributed by atoms with E-state index < -0.39 is 0 Å². The van der Waals surface area contributed by atoms with Gasteiger partial charge in [-0.25, -0.2) is 0 Å². The number of fused-ring (bicyclic) bond motifs is 2. The Morgan fingerprint density at radius 2 is 1.06 bits per heavy atom. The van der Waals surface area contributed by atoms with Crippen LogP contribution in [0, 0.1) is 0 Å². The molecule has 1 aromatic heterocycles. The molecule has 0 aliphatic rings. The first-order chi connectivity index (χ1) is 17.1. The minimum atomic E-state index is 0.197. The number of rotatable bonds is 15. The molecular weight excluding hydrogens is 428 g/mol. The Morgan fingerprint density at radius 3 is 1.63 bits per heavy atom. The van der Waals surface area contributed by atoms with Crippen molar-refractivity contribution >= 4 is 21.9 Å². The van der Waals surface area contributed by atoms with E-state index in [-0.39, 0.29) is 5.43 Å². The van der Waals surface area contributed by atoms with Crippen LogP contribution in [0.4, 0.5) is 0 Å². The second-order valence-corrected chi connectivity index (χ2v) is 10.4. The lowest BCUT2D eigenvalue weighted by molar-refractivity contribution is 0.634. The standard InChI is InChI=1S/C33H48O2/c1-6-11-17-24-18-16-23-29-31(34)30-27(21-14-9-4)25(19-12-7-2)26(20-13-8-3)28(22-15-10-5)33(30)35-32(24)29/h16,18,23H,6-15,17,19-22H2,1-5H3. The summed E-state index contributed by atoms with van der Waals surface area (Å²) in [6.45, 7) is 11.3. The lowest BCUT2D eigenvalue weighted by Gasteiger charge is -2.23. The van der Waals surface area contributed by atoms with Gasteiger partial charge in [0.25, 0.3) is 0 Å². The molecule has 1 heterocycles. The zero-order chi connectivity index (χ0) is 25.2. The smallest absolute Gasteiger partial charge is 0.200 e. The van der Waals surface area contributed by atoms with E-state index in [9.17, 15) is 4.79 Å². The van der Waals surface area contributed by atoms with Crippen LogP contribution in [0.25, 0.3) is 21.9 Å². The maximum absolute atomic E-state index is 14.2. The summed E-state index contributed by atoms with van der Waals surface area (Å²) in [5, 5.41) is 1.67. The number of para-hydroxylation sites is 1. The van der Waals surface area contributed by atoms with E-state index in [1.807, 2.05) is 12.1 Å². The molecule has 2 aromatic carbocycles. The summed E-state index contributed by atoms with van der Waals surface area (Å²) in [6, 6.07) is 6.19. The van der Waals surface area contributed by atoms with Gasteiger partial charge in [0.1, 0.15) is 11.2 Å². The highest BCUT2D eigenvalue weighted by atomic mass is 16.3. The van der Waals surface area contributed by atoms with Gasteiger partial charge >= 0.3 is 0 Å². The minimum Gasteiger partial charge on any atom is -0.455 e. The fraction of sp³-hybridized carbons (Fsp3) is 0.606. The molecule has 0 bridgehead atoms. The van der Waals surface area contributed by atoms with Crippen molar-refractivity contribution in [1.82, 2.24) is 0 Å². The van der Waals surface area contributed by atoms with Crippen LogP contribution in [0.1, 0.15) is 127 Å². The van der Waals surface area contributed by atoms with Crippen molar-refractivity contribution in [3.8, 4) is 0 Å². The van der Waals surface area contributed by atoms with E-state index in [0.29, 0.717) is 0 Å². The summed E-state index contributed by atoms with van der Waals surface area (Å²) >= 11 is 0. The highest BCUT2D eigenvalue weighted by Crippen LogP contribution is 2.36. The molecule has 0 radical (unpaired) electrons. The van der Waals surface area contributed by atoms with Crippen LogP contribution in [0.2, 0.25) is 0 Å². The molecular formula is C33H48O2. The van der Waals surface area contributed by atoms with Gasteiger partial charge in [0.2, 0.25) is 5.43 Å². The lowest BCUT2D eigenvalue weighted by Crippen LogP contribution is -2.14. The number of benzene rings is 2. The van der Waals surface area contributed by atoms with E-state index in [0.717, 1.165) is 92.6 Å². The van der Waals surface area contributed by atoms with Crippen LogP contribution in [-0.4, -0.2) is 0 Å². The average molecular weight is 477 g/mol. The average Bonchev–Trinajstić information content (AvgIpc) is 2.87. The van der Waals surface area contributed by atoms with Crippen LogP contribution in [0.15, 0.2) is 27.4 Å². The van der Waals surface area contributed by atoms with Crippen molar-refractivity contribution in [3.63, 3.8) is 0 Å². The Kier molecular flexibility index (Phi) is 10.9. The van der Waals surface area contributed by atoms with Gasteiger partial charge in [0.15, 0.2) is 0 Å². The second-order valence-electron chi connectivity index (χ2n) is 10.4. The van der Waals surface area contributed by atoms with Gasteiger partial charge in [-0.3, -0.25) is 4.79 Å². The normalized spacial score (nSPS) is 11.7. The van der Waals surface area contributed by atoms with Gasteiger partial charge in [0.05, 0.1) is 10.8 Å². The van der Waals surface area contributed by atoms with Gasteiger partial charge in [-0.2, -0.15) is 0 Å². The molecule has 0 aliphatic carbocycles. The van der Waals surface area contributed by atoms with E-state index in [4.69, 9.17) is 4.42 Å². The third-order valence-corrected chi connectivity index (χ3v) is 7.59. The summed E-state index contributed by atoms with van der Waals surface area (Å²) in [6.07, 6.45) is 16.6. The van der Waals surface area contributed by atoms with Crippen molar-refractivity contribution in [2.45, 2.75) is 131 Å². The van der Waals surface area contributed by atoms with Gasteiger partial charge in [-0.15, -0.1) is 0 Å². The molecule has 0 saturated carbocycles. The molecule has 3 rings (SSSR count). The van der Waals surface area contributed by atoms with Gasteiger partial charge in [-0.1, -0.05) is 78.9 Å². The van der Waals surface area contributed by atoms with Gasteiger partial charge in [-0.05, 0) is 98.1 Å². The molecule has 0 spiro atoms. The summed E-state index contributed by atoms with van der Waals surface area (Å²) in [4.78, 5) is 14.2. The first-order valence-corrected chi connectivity index (χ1v) is 14.7. The number of unbranched alkanes of at least 4 members (excludes halogenated alkanes) is 5. The van der Waals surface area contributed by atoms with E-state index >= 15 is 0 Å². The second kappa shape index (κ2) is 13.9. The van der Waals surface area contributed by atoms with E-state index in [1.165, 1.54) is 53.5 Å². The molecule has 3 aromatic rings. The van der Waals surface area contributed by atoms with Crippen molar-refractivity contribution in [1.29, 1.82) is 0 Å². The highest BCUT2D eigenvalue weighted by Gasteiger charge is 2.24. The lowest BCUT2D eigenvalue weighted by atomic mass is 9.83. The molecule has 192 valence electrons. The van der Waals surface area contributed by atoms with Crippen LogP contribution in [0.5, 0.6) is 0 Å². The van der Waals surface area contributed by atoms with E-state index in [1.54, 1.807) is 0 Å². The van der Waals surface area contributed by atoms with E-state index in [2.05, 4.69) is 40.7 Å². The Hall–Kier alpha value is -2.09. The molecule has 0 saturated heterocycles. The fourth-order valence-electron chi connectivity index (χ4n) is 5.54. The zero-order valence-corrected chi connectivity index (χ0v) is 23.2. The maximum Gasteiger partial charge on any atom is 0.200 e. The molecule has 0 amide bonds. The minimum absolute atomic E-state index is 0.197. The highest BCUT2D eigenvalue weighted by molar-refractivity contribution is 5.95. The Morgan fingerprint density at radius 1 is 0.571 bits per heavy atom. The Bertz CT molecular complexity index is 1150. The van der Waals surface area contributed by atoms with Crippen LogP contribution >= 0.6 is 0 Å². The van der Waals surface area contributed by atoms with Crippen molar-refractivity contribution < 1.29 is 4.42 Å². The predicted molar refractivity (Wildman–Crippen MR) is 153 cm³/mol. The Balaban J connectivity index is 2.46. The summed E-state index contributed by atoms with van der Waals surface area (Å²) < 4.78 is 6.88. The first-order valence-electron chi connectivity index (χ1n) is 14.7. The largest absolute Gasteiger partial charge is 0.455 e. The quantitative estimate of drug-likeness (QED) is 0.204. The third-order valence-electron chi connectivity index (χ3n) is 7.59. The van der Waals surface area contributed by atoms with Crippen LogP contribution < -0.4 is 5.43 Å². The number of hydrogen-bond donors (Lipinski definition) is 0. The van der Waals surface area contributed by atoms with Crippen molar-refractivity contribution in [2.75, 3.05) is 0 Å². The SMILES string of the molecule is CCCCc1c(CCCC)c(CCCC)c2c(=O)c3cccc(CCCC)c3oc2c1CCCC. The van der Waals surface area contributed by atoms with Crippen LogP contribution in [-0.2, 0) is 32.1 Å². The summed E-state index contributed by atoms with van der Waals surface area (Å²) in [5.41, 5.74) is 8.77. The first kappa shape index (κ1) is 27.5.